The van der Waals surface area contributed by atoms with Crippen molar-refractivity contribution in [2.24, 2.45) is 0 Å². The summed E-state index contributed by atoms with van der Waals surface area (Å²) in [4.78, 5) is 41.0. The first-order valence-corrected chi connectivity index (χ1v) is 14.9. The number of carbonyl (C=O) groups excluding carboxylic acids is 2. The first kappa shape index (κ1) is 32.6. The van der Waals surface area contributed by atoms with Crippen LogP contribution in [0.4, 0.5) is 17.1 Å². The highest BCUT2D eigenvalue weighted by Crippen LogP contribution is 2.34. The number of carboxylic acid groups (broad SMARTS) is 1. The van der Waals surface area contributed by atoms with Crippen molar-refractivity contribution in [1.29, 1.82) is 0 Å². The molecule has 10 heteroatoms. The number of aromatic carboxylic acids is 1. The number of amides is 1. The summed E-state index contributed by atoms with van der Waals surface area (Å²) in [7, 11) is 1.40. The van der Waals surface area contributed by atoms with Gasteiger partial charge in [0.25, 0.3) is 0 Å². The van der Waals surface area contributed by atoms with Crippen LogP contribution in [-0.4, -0.2) is 43.0 Å². The second-order valence-electron chi connectivity index (χ2n) is 10.3. The normalized spacial score (nSPS) is 12.5. The van der Waals surface area contributed by atoms with Crippen molar-refractivity contribution in [2.45, 2.75) is 25.7 Å². The minimum Gasteiger partial charge on any atom is -0.496 e. The summed E-state index contributed by atoms with van der Waals surface area (Å²) in [6.07, 6.45) is 3.29. The van der Waals surface area contributed by atoms with Gasteiger partial charge in [-0.05, 0) is 73.4 Å². The summed E-state index contributed by atoms with van der Waals surface area (Å²) in [5, 5.41) is 11.1. The molecule has 1 saturated heterocycles. The van der Waals surface area contributed by atoms with Gasteiger partial charge in [-0.1, -0.05) is 58.4 Å². The van der Waals surface area contributed by atoms with Crippen LogP contribution in [0.3, 0.4) is 0 Å². The highest BCUT2D eigenvalue weighted by Gasteiger charge is 2.25. The SMILES string of the molecule is COc1cc(CC(=O)N(Nc2ccc(C(=O)c3ccccc3)cc2)c2ccccc2N2CCCCC2)c(Br)cc1C(=O)O.Cl. The van der Waals surface area contributed by atoms with E-state index in [1.54, 1.807) is 42.5 Å². The molecular formula is C34H33BrClN3O5. The molecule has 5 rings (SSSR count). The topological polar surface area (TPSA) is 99.2 Å². The number of nitrogens with one attached hydrogen (secondary N) is 1. The Balaban J connectivity index is 0.00000442. The molecule has 0 unspecified atom stereocenters. The highest BCUT2D eigenvalue weighted by atomic mass is 79.9. The number of piperidine rings is 1. The average Bonchev–Trinajstić information content (AvgIpc) is 3.05. The van der Waals surface area contributed by atoms with Crippen molar-refractivity contribution in [1.82, 2.24) is 0 Å². The summed E-state index contributed by atoms with van der Waals surface area (Å²) in [6.45, 7) is 1.80. The fraction of sp³-hybridized carbons (Fsp3) is 0.206. The van der Waals surface area contributed by atoms with E-state index in [2.05, 4.69) is 26.3 Å². The van der Waals surface area contributed by atoms with Gasteiger partial charge in [0.15, 0.2) is 5.78 Å². The molecule has 1 fully saturated rings. The first-order chi connectivity index (χ1) is 20.9. The molecule has 1 amide bonds. The smallest absolute Gasteiger partial charge is 0.339 e. The van der Waals surface area contributed by atoms with Crippen molar-refractivity contribution < 1.29 is 24.2 Å². The van der Waals surface area contributed by atoms with E-state index in [1.165, 1.54) is 24.6 Å². The quantitative estimate of drug-likeness (QED) is 0.133. The van der Waals surface area contributed by atoms with Gasteiger partial charge < -0.3 is 14.7 Å². The summed E-state index contributed by atoms with van der Waals surface area (Å²) in [5.41, 5.74) is 7.28. The Morgan fingerprint density at radius 2 is 1.52 bits per heavy atom. The van der Waals surface area contributed by atoms with E-state index >= 15 is 0 Å². The number of methoxy groups -OCH3 is 1. The summed E-state index contributed by atoms with van der Waals surface area (Å²) >= 11 is 3.45. The molecule has 8 nitrogen and oxygen atoms in total. The lowest BCUT2D eigenvalue weighted by molar-refractivity contribution is -0.117. The van der Waals surface area contributed by atoms with Gasteiger partial charge in [0.05, 0.1) is 30.6 Å². The van der Waals surface area contributed by atoms with E-state index < -0.39 is 5.97 Å². The molecule has 4 aromatic carbocycles. The number of para-hydroxylation sites is 2. The minimum absolute atomic E-state index is 0. The molecule has 0 bridgehead atoms. The van der Waals surface area contributed by atoms with Crippen molar-refractivity contribution in [3.05, 3.63) is 118 Å². The highest BCUT2D eigenvalue weighted by molar-refractivity contribution is 9.10. The van der Waals surface area contributed by atoms with Gasteiger partial charge in [-0.3, -0.25) is 15.0 Å². The number of halogens is 2. The Labute approximate surface area is 271 Å². The number of rotatable bonds is 10. The third-order valence-corrected chi connectivity index (χ3v) is 8.17. The van der Waals surface area contributed by atoms with E-state index in [4.69, 9.17) is 4.74 Å². The van der Waals surface area contributed by atoms with Crippen LogP contribution in [0.15, 0.2) is 95.5 Å². The van der Waals surface area contributed by atoms with Crippen LogP contribution in [0.2, 0.25) is 0 Å². The molecule has 228 valence electrons. The van der Waals surface area contributed by atoms with Crippen LogP contribution in [0.25, 0.3) is 0 Å². The average molecular weight is 679 g/mol. The Morgan fingerprint density at radius 1 is 0.886 bits per heavy atom. The Bertz CT molecular complexity index is 1630. The third-order valence-electron chi connectivity index (χ3n) is 7.43. The second-order valence-corrected chi connectivity index (χ2v) is 11.1. The molecule has 0 radical (unpaired) electrons. The molecule has 0 aliphatic carbocycles. The predicted molar refractivity (Wildman–Crippen MR) is 179 cm³/mol. The van der Waals surface area contributed by atoms with E-state index in [1.807, 2.05) is 42.5 Å². The number of carbonyl (C=O) groups is 3. The van der Waals surface area contributed by atoms with Crippen LogP contribution in [0.5, 0.6) is 5.75 Å². The lowest BCUT2D eigenvalue weighted by atomic mass is 10.0. The summed E-state index contributed by atoms with van der Waals surface area (Å²) in [6, 6.07) is 26.9. The van der Waals surface area contributed by atoms with Gasteiger partial charge in [0.2, 0.25) is 5.91 Å². The second kappa shape index (κ2) is 14.9. The zero-order chi connectivity index (χ0) is 30.3. The zero-order valence-electron chi connectivity index (χ0n) is 24.2. The Kier molecular flexibility index (Phi) is 11.0. The molecule has 2 N–H and O–H groups in total. The monoisotopic (exact) mass is 677 g/mol. The third kappa shape index (κ3) is 7.41. The molecule has 0 saturated carbocycles. The zero-order valence-corrected chi connectivity index (χ0v) is 26.6. The van der Waals surface area contributed by atoms with Crippen LogP contribution >= 0.6 is 28.3 Å². The number of ketones is 1. The number of nitrogens with zero attached hydrogens (tertiary/aromatic N) is 2. The maximum absolute atomic E-state index is 14.1. The first-order valence-electron chi connectivity index (χ1n) is 14.1. The lowest BCUT2D eigenvalue weighted by Gasteiger charge is -2.34. The fourth-order valence-corrected chi connectivity index (χ4v) is 5.69. The van der Waals surface area contributed by atoms with Crippen molar-refractivity contribution >= 4 is 63.1 Å². The maximum atomic E-state index is 14.1. The van der Waals surface area contributed by atoms with Crippen molar-refractivity contribution in [2.75, 3.05) is 35.5 Å². The molecule has 0 spiro atoms. The van der Waals surface area contributed by atoms with Gasteiger partial charge in [0, 0.05) is 28.7 Å². The van der Waals surface area contributed by atoms with Gasteiger partial charge in [-0.15, -0.1) is 12.4 Å². The van der Waals surface area contributed by atoms with Gasteiger partial charge in [-0.25, -0.2) is 9.80 Å². The largest absolute Gasteiger partial charge is 0.496 e. The van der Waals surface area contributed by atoms with Crippen LogP contribution in [0.1, 0.15) is 51.1 Å². The molecule has 4 aromatic rings. The van der Waals surface area contributed by atoms with Gasteiger partial charge >= 0.3 is 5.97 Å². The van der Waals surface area contributed by atoms with E-state index in [-0.39, 0.29) is 41.8 Å². The Hall–Kier alpha value is -4.34. The molecule has 0 aromatic heterocycles. The van der Waals surface area contributed by atoms with Crippen molar-refractivity contribution in [3.63, 3.8) is 0 Å². The van der Waals surface area contributed by atoms with Gasteiger partial charge in [-0.2, -0.15) is 0 Å². The number of anilines is 3. The summed E-state index contributed by atoms with van der Waals surface area (Å²) < 4.78 is 5.80. The number of carboxylic acids is 1. The minimum atomic E-state index is -1.12. The standard InChI is InChI=1S/C34H32BrN3O5.ClH/c1-43-31-20-25(28(35)22-27(31)34(41)42)21-32(39)38(30-13-7-6-12-29(30)37-18-8-3-9-19-37)36-26-16-14-24(15-17-26)33(40)23-10-4-2-5-11-23;/h2,4-7,10-17,20,22,36H,3,8-9,18-19,21H2,1H3,(H,41,42);1H. The molecular weight excluding hydrogens is 646 g/mol. The number of hydrogen-bond acceptors (Lipinski definition) is 6. The number of hydrogen-bond donors (Lipinski definition) is 2. The predicted octanol–water partition coefficient (Wildman–Crippen LogP) is 7.40. The summed E-state index contributed by atoms with van der Waals surface area (Å²) in [5.74, 6) is -1.30. The fourth-order valence-electron chi connectivity index (χ4n) is 5.20. The van der Waals surface area contributed by atoms with E-state index in [0.29, 0.717) is 32.5 Å². The van der Waals surface area contributed by atoms with Crippen LogP contribution in [-0.2, 0) is 11.2 Å². The molecule has 1 aliphatic rings. The number of ether oxygens (including phenoxy) is 1. The van der Waals surface area contributed by atoms with E-state index in [9.17, 15) is 19.5 Å². The Morgan fingerprint density at radius 3 is 2.18 bits per heavy atom. The lowest BCUT2D eigenvalue weighted by Crippen LogP contribution is -2.39. The van der Waals surface area contributed by atoms with Gasteiger partial charge in [0.1, 0.15) is 11.3 Å². The number of benzene rings is 4. The number of hydrazine groups is 1. The maximum Gasteiger partial charge on any atom is 0.339 e. The molecule has 0 atom stereocenters. The van der Waals surface area contributed by atoms with E-state index in [0.717, 1.165) is 31.6 Å². The van der Waals surface area contributed by atoms with Crippen LogP contribution in [0, 0.1) is 0 Å². The van der Waals surface area contributed by atoms with Crippen molar-refractivity contribution in [3.8, 4) is 5.75 Å². The van der Waals surface area contributed by atoms with Crippen LogP contribution < -0.4 is 20.1 Å². The molecule has 1 heterocycles. The molecule has 44 heavy (non-hydrogen) atoms. The molecule has 1 aliphatic heterocycles.